The maximum Gasteiger partial charge on any atom is 0.289 e. The molecular weight excluding hydrogens is 348 g/mol. The van der Waals surface area contributed by atoms with Gasteiger partial charge in [0.25, 0.3) is 5.91 Å². The number of hydrogen-bond acceptors (Lipinski definition) is 3. The van der Waals surface area contributed by atoms with Crippen molar-refractivity contribution in [3.05, 3.63) is 34.9 Å². The van der Waals surface area contributed by atoms with Gasteiger partial charge in [-0.2, -0.15) is 0 Å². The summed E-state index contributed by atoms with van der Waals surface area (Å²) in [5, 5.41) is 0.770. The van der Waals surface area contributed by atoms with Crippen LogP contribution in [-0.4, -0.2) is 54.7 Å². The lowest BCUT2D eigenvalue weighted by Crippen LogP contribution is -2.43. The van der Waals surface area contributed by atoms with Crippen LogP contribution in [0, 0.1) is 11.8 Å². The van der Waals surface area contributed by atoms with E-state index in [4.69, 9.17) is 11.6 Å². The summed E-state index contributed by atoms with van der Waals surface area (Å²) in [6.07, 6.45) is 3.60. The van der Waals surface area contributed by atoms with E-state index < -0.39 is 0 Å². The van der Waals surface area contributed by atoms with Crippen LogP contribution in [0.3, 0.4) is 0 Å². The molecule has 1 heterocycles. The minimum absolute atomic E-state index is 0.220. The summed E-state index contributed by atoms with van der Waals surface area (Å²) in [5.41, 5.74) is 1.29. The quantitative estimate of drug-likeness (QED) is 0.648. The molecule has 0 bridgehead atoms. The Morgan fingerprint density at radius 1 is 1.27 bits per heavy atom. The van der Waals surface area contributed by atoms with Crippen molar-refractivity contribution in [3.8, 4) is 0 Å². The highest BCUT2D eigenvalue weighted by Gasteiger charge is 2.25. The van der Waals surface area contributed by atoms with E-state index in [9.17, 15) is 9.59 Å². The molecule has 1 aliphatic rings. The zero-order chi connectivity index (χ0) is 19.1. The van der Waals surface area contributed by atoms with Crippen LogP contribution < -0.4 is 0 Å². The van der Waals surface area contributed by atoms with Crippen molar-refractivity contribution in [2.45, 2.75) is 39.5 Å². The van der Waals surface area contributed by atoms with E-state index in [0.717, 1.165) is 43.9 Å². The van der Waals surface area contributed by atoms with Crippen molar-refractivity contribution in [1.29, 1.82) is 0 Å². The smallest absolute Gasteiger partial charge is 0.289 e. The Balaban J connectivity index is 1.79. The number of benzene rings is 1. The molecule has 0 aromatic heterocycles. The van der Waals surface area contributed by atoms with Crippen LogP contribution in [0.5, 0.6) is 0 Å². The number of carbonyl (C=O) groups is 2. The zero-order valence-corrected chi connectivity index (χ0v) is 17.0. The Kier molecular flexibility index (Phi) is 8.11. The third-order valence-electron chi connectivity index (χ3n) is 4.94. The average molecular weight is 379 g/mol. The predicted molar refractivity (Wildman–Crippen MR) is 106 cm³/mol. The summed E-state index contributed by atoms with van der Waals surface area (Å²) in [5.74, 6) is 0.0579. The molecule has 0 N–H and O–H groups in total. The largest absolute Gasteiger partial charge is 0.339 e. The van der Waals surface area contributed by atoms with Crippen LogP contribution in [-0.2, 0) is 16.0 Å². The number of hydrogen-bond donors (Lipinski definition) is 0. The third-order valence-corrected chi connectivity index (χ3v) is 5.20. The number of Topliss-reactive ketones (excluding diaryl/α,β-unsaturated/α-hetero) is 1. The first-order chi connectivity index (χ1) is 12.3. The summed E-state index contributed by atoms with van der Waals surface area (Å²) in [6, 6.07) is 8.03. The van der Waals surface area contributed by atoms with Gasteiger partial charge in [-0.25, -0.2) is 0 Å². The molecule has 1 fully saturated rings. The van der Waals surface area contributed by atoms with Crippen molar-refractivity contribution >= 4 is 23.3 Å². The fourth-order valence-electron chi connectivity index (χ4n) is 3.58. The number of ketones is 1. The van der Waals surface area contributed by atoms with Gasteiger partial charge in [-0.3, -0.25) is 9.59 Å². The molecule has 26 heavy (non-hydrogen) atoms. The average Bonchev–Trinajstić information content (AvgIpc) is 2.60. The van der Waals surface area contributed by atoms with Crippen LogP contribution in [0.15, 0.2) is 24.3 Å². The summed E-state index contributed by atoms with van der Waals surface area (Å²) in [4.78, 5) is 28.3. The molecule has 4 nitrogen and oxygen atoms in total. The van der Waals surface area contributed by atoms with E-state index in [1.165, 1.54) is 5.56 Å². The molecule has 1 aromatic rings. The van der Waals surface area contributed by atoms with Gasteiger partial charge >= 0.3 is 0 Å². The topological polar surface area (TPSA) is 40.6 Å². The van der Waals surface area contributed by atoms with E-state index in [-0.39, 0.29) is 17.6 Å². The van der Waals surface area contributed by atoms with Crippen molar-refractivity contribution in [1.82, 2.24) is 9.80 Å². The lowest BCUT2D eigenvalue weighted by atomic mass is 9.96. The molecule has 0 aliphatic carbocycles. The highest BCUT2D eigenvalue weighted by molar-refractivity contribution is 6.36. The van der Waals surface area contributed by atoms with Crippen LogP contribution in [0.4, 0.5) is 0 Å². The molecule has 1 amide bonds. The molecule has 1 atom stereocenters. The molecule has 0 unspecified atom stereocenters. The lowest BCUT2D eigenvalue weighted by molar-refractivity contribution is -0.144. The summed E-state index contributed by atoms with van der Waals surface area (Å²) in [6.45, 7) is 7.70. The van der Waals surface area contributed by atoms with Crippen LogP contribution in [0.1, 0.15) is 38.7 Å². The van der Waals surface area contributed by atoms with Crippen LogP contribution in [0.2, 0.25) is 5.02 Å². The van der Waals surface area contributed by atoms with Crippen molar-refractivity contribution in [2.75, 3.05) is 33.2 Å². The van der Waals surface area contributed by atoms with Gasteiger partial charge in [0, 0.05) is 38.1 Å². The fraction of sp³-hybridized carbons (Fsp3) is 0.619. The zero-order valence-electron chi connectivity index (χ0n) is 16.2. The van der Waals surface area contributed by atoms with Gasteiger partial charge in [0.05, 0.1) is 0 Å². The molecule has 1 aliphatic heterocycles. The minimum Gasteiger partial charge on any atom is -0.339 e. The number of likely N-dealkylation sites (N-methyl/N-ethyl adjacent to an activating group) is 1. The Hall–Kier alpha value is -1.39. The van der Waals surface area contributed by atoms with E-state index in [2.05, 4.69) is 17.0 Å². The summed E-state index contributed by atoms with van der Waals surface area (Å²) >= 11 is 5.94. The highest BCUT2D eigenvalue weighted by atomic mass is 35.5. The summed E-state index contributed by atoms with van der Waals surface area (Å²) < 4.78 is 0. The second-order valence-electron chi connectivity index (χ2n) is 7.89. The van der Waals surface area contributed by atoms with Crippen LogP contribution in [0.25, 0.3) is 0 Å². The third kappa shape index (κ3) is 6.73. The molecule has 1 aromatic carbocycles. The van der Waals surface area contributed by atoms with E-state index in [1.54, 1.807) is 11.9 Å². The number of nitrogens with zero attached hydrogens (tertiary/aromatic N) is 2. The standard InChI is InChI=1S/C21H31ClN2O2/c1-16(2)13-20(25)21(26)23(3)14-18-5-4-11-24(15-18)12-10-17-6-8-19(22)9-7-17/h6-9,16,18H,4-5,10-15H2,1-3H3/t18-/m1/s1. The monoisotopic (exact) mass is 378 g/mol. The maximum atomic E-state index is 12.2. The fourth-order valence-corrected chi connectivity index (χ4v) is 3.71. The number of amides is 1. The normalized spacial score (nSPS) is 18.1. The van der Waals surface area contributed by atoms with Gasteiger partial charge < -0.3 is 9.80 Å². The van der Waals surface area contributed by atoms with Gasteiger partial charge in [0.2, 0.25) is 5.78 Å². The predicted octanol–water partition coefficient (Wildman–Crippen LogP) is 3.67. The summed E-state index contributed by atoms with van der Waals surface area (Å²) in [7, 11) is 1.76. The van der Waals surface area contributed by atoms with Gasteiger partial charge in [-0.05, 0) is 55.3 Å². The van der Waals surface area contributed by atoms with E-state index >= 15 is 0 Å². The van der Waals surface area contributed by atoms with Crippen molar-refractivity contribution < 1.29 is 9.59 Å². The first kappa shape index (κ1) is 20.9. The number of likely N-dealkylation sites (tertiary alicyclic amines) is 1. The number of carbonyl (C=O) groups excluding carboxylic acids is 2. The minimum atomic E-state index is -0.336. The molecule has 0 saturated carbocycles. The van der Waals surface area contributed by atoms with Gasteiger partial charge in [0.15, 0.2) is 0 Å². The Morgan fingerprint density at radius 2 is 1.96 bits per heavy atom. The molecule has 144 valence electrons. The Bertz CT molecular complexity index is 601. The Morgan fingerprint density at radius 3 is 2.62 bits per heavy atom. The number of piperidine rings is 1. The highest BCUT2D eigenvalue weighted by Crippen LogP contribution is 2.19. The molecule has 1 saturated heterocycles. The van der Waals surface area contributed by atoms with Gasteiger partial charge in [0.1, 0.15) is 0 Å². The Labute approximate surface area is 162 Å². The first-order valence-electron chi connectivity index (χ1n) is 9.60. The molecule has 0 spiro atoms. The number of halogens is 1. The first-order valence-corrected chi connectivity index (χ1v) is 9.98. The number of rotatable bonds is 8. The second-order valence-corrected chi connectivity index (χ2v) is 8.33. The molecule has 2 rings (SSSR count). The second kappa shape index (κ2) is 10.1. The van der Waals surface area contributed by atoms with E-state index in [1.807, 2.05) is 26.0 Å². The maximum absolute atomic E-state index is 12.2. The molecule has 5 heteroatoms. The van der Waals surface area contributed by atoms with Gasteiger partial charge in [-0.15, -0.1) is 0 Å². The van der Waals surface area contributed by atoms with Crippen molar-refractivity contribution in [3.63, 3.8) is 0 Å². The van der Waals surface area contributed by atoms with Crippen LogP contribution >= 0.6 is 11.6 Å². The van der Waals surface area contributed by atoms with Gasteiger partial charge in [-0.1, -0.05) is 37.6 Å². The van der Waals surface area contributed by atoms with E-state index in [0.29, 0.717) is 18.9 Å². The SMILES string of the molecule is CC(C)CC(=O)C(=O)N(C)C[C@H]1CCCN(CCc2ccc(Cl)cc2)C1. The molecule has 0 radical (unpaired) electrons. The molecular formula is C21H31ClN2O2. The van der Waals surface area contributed by atoms with Crippen molar-refractivity contribution in [2.24, 2.45) is 11.8 Å². The lowest BCUT2D eigenvalue weighted by Gasteiger charge is -2.34.